The number of rotatable bonds is 8. The zero-order valence-corrected chi connectivity index (χ0v) is 9.98. The van der Waals surface area contributed by atoms with Gasteiger partial charge in [-0.3, -0.25) is 0 Å². The van der Waals surface area contributed by atoms with Crippen molar-refractivity contribution in [1.82, 2.24) is 10.6 Å². The maximum absolute atomic E-state index is 3.52. The van der Waals surface area contributed by atoms with Crippen molar-refractivity contribution >= 4 is 11.3 Å². The van der Waals surface area contributed by atoms with E-state index in [1.807, 2.05) is 0 Å². The molecule has 0 unspecified atom stereocenters. The summed E-state index contributed by atoms with van der Waals surface area (Å²) in [5, 5.41) is 11.4. The molecule has 1 saturated carbocycles. The average molecular weight is 224 g/mol. The van der Waals surface area contributed by atoms with Crippen molar-refractivity contribution in [3.8, 4) is 0 Å². The van der Waals surface area contributed by atoms with Crippen molar-refractivity contribution in [3.05, 3.63) is 22.4 Å². The Morgan fingerprint density at radius 1 is 1.27 bits per heavy atom. The fourth-order valence-electron chi connectivity index (χ4n) is 1.60. The van der Waals surface area contributed by atoms with Crippen LogP contribution in [0.2, 0.25) is 0 Å². The molecule has 1 aromatic heterocycles. The van der Waals surface area contributed by atoms with Gasteiger partial charge in [0.1, 0.15) is 0 Å². The normalized spacial score (nSPS) is 15.7. The van der Waals surface area contributed by atoms with Crippen molar-refractivity contribution in [2.45, 2.75) is 31.7 Å². The largest absolute Gasteiger partial charge is 0.316 e. The number of thiophene rings is 1. The smallest absolute Gasteiger partial charge is 0.00682 e. The molecule has 0 saturated heterocycles. The second-order valence-electron chi connectivity index (χ2n) is 4.21. The third kappa shape index (κ3) is 4.78. The van der Waals surface area contributed by atoms with Crippen LogP contribution in [0.25, 0.3) is 0 Å². The molecule has 15 heavy (non-hydrogen) atoms. The summed E-state index contributed by atoms with van der Waals surface area (Å²) in [4.78, 5) is 0. The third-order valence-corrected chi connectivity index (χ3v) is 3.44. The Balaban J connectivity index is 1.38. The van der Waals surface area contributed by atoms with Gasteiger partial charge < -0.3 is 10.6 Å². The van der Waals surface area contributed by atoms with Gasteiger partial charge in [-0.2, -0.15) is 11.3 Å². The van der Waals surface area contributed by atoms with Crippen molar-refractivity contribution in [3.63, 3.8) is 0 Å². The van der Waals surface area contributed by atoms with Crippen LogP contribution < -0.4 is 10.6 Å². The highest BCUT2D eigenvalue weighted by atomic mass is 32.1. The Hall–Kier alpha value is -0.380. The molecule has 0 atom stereocenters. The van der Waals surface area contributed by atoms with Crippen molar-refractivity contribution in [1.29, 1.82) is 0 Å². The van der Waals surface area contributed by atoms with Gasteiger partial charge in [0.2, 0.25) is 0 Å². The van der Waals surface area contributed by atoms with E-state index >= 15 is 0 Å². The van der Waals surface area contributed by atoms with Crippen LogP contribution in [0, 0.1) is 0 Å². The summed E-state index contributed by atoms with van der Waals surface area (Å²) in [5.74, 6) is 0. The molecule has 2 rings (SSSR count). The molecule has 0 amide bonds. The molecule has 1 aromatic rings. The molecule has 84 valence electrons. The molecule has 0 bridgehead atoms. The predicted molar refractivity (Wildman–Crippen MR) is 66.5 cm³/mol. The maximum Gasteiger partial charge on any atom is 0.00682 e. The van der Waals surface area contributed by atoms with E-state index in [0.717, 1.165) is 19.1 Å². The van der Waals surface area contributed by atoms with Gasteiger partial charge in [-0.25, -0.2) is 0 Å². The summed E-state index contributed by atoms with van der Waals surface area (Å²) in [5.41, 5.74) is 1.46. The van der Waals surface area contributed by atoms with E-state index < -0.39 is 0 Å². The summed E-state index contributed by atoms with van der Waals surface area (Å²) < 4.78 is 0. The third-order valence-electron chi connectivity index (χ3n) is 2.71. The van der Waals surface area contributed by atoms with Gasteiger partial charge in [-0.15, -0.1) is 0 Å². The first-order valence-electron chi connectivity index (χ1n) is 5.90. The van der Waals surface area contributed by atoms with E-state index in [0.29, 0.717) is 0 Å². The predicted octanol–water partition coefficient (Wildman–Crippen LogP) is 2.02. The lowest BCUT2D eigenvalue weighted by Crippen LogP contribution is -2.24. The van der Waals surface area contributed by atoms with E-state index in [-0.39, 0.29) is 0 Å². The molecule has 0 aromatic carbocycles. The molecule has 2 nitrogen and oxygen atoms in total. The first-order valence-corrected chi connectivity index (χ1v) is 6.84. The minimum absolute atomic E-state index is 0.857. The standard InChI is InChI=1S/C12H20N2S/c1(7-14-12-2-3-12)6-13-8-4-11-5-9-15-10-11/h5,9-10,12-14H,1-4,6-8H2. The molecule has 3 heteroatoms. The minimum Gasteiger partial charge on any atom is -0.316 e. The zero-order chi connectivity index (χ0) is 10.3. The zero-order valence-electron chi connectivity index (χ0n) is 9.17. The summed E-state index contributed by atoms with van der Waals surface area (Å²) >= 11 is 1.78. The molecule has 1 aliphatic carbocycles. The monoisotopic (exact) mass is 224 g/mol. The quantitative estimate of drug-likeness (QED) is 0.660. The molecule has 2 N–H and O–H groups in total. The highest BCUT2D eigenvalue weighted by Gasteiger charge is 2.19. The molecule has 1 fully saturated rings. The summed E-state index contributed by atoms with van der Waals surface area (Å²) in [6.07, 6.45) is 5.21. The summed E-state index contributed by atoms with van der Waals surface area (Å²) in [7, 11) is 0. The second kappa shape index (κ2) is 6.26. The number of hydrogen-bond donors (Lipinski definition) is 2. The van der Waals surface area contributed by atoms with Crippen LogP contribution in [-0.2, 0) is 6.42 Å². The maximum atomic E-state index is 3.52. The molecule has 0 aliphatic heterocycles. The Labute approximate surface area is 96.1 Å². The van der Waals surface area contributed by atoms with E-state index in [4.69, 9.17) is 0 Å². The Kier molecular flexibility index (Phi) is 4.64. The lowest BCUT2D eigenvalue weighted by Gasteiger charge is -2.04. The van der Waals surface area contributed by atoms with Gasteiger partial charge in [0.05, 0.1) is 0 Å². The van der Waals surface area contributed by atoms with Gasteiger partial charge in [0.25, 0.3) is 0 Å². The van der Waals surface area contributed by atoms with Gasteiger partial charge in [0.15, 0.2) is 0 Å². The topological polar surface area (TPSA) is 24.1 Å². The van der Waals surface area contributed by atoms with Gasteiger partial charge in [-0.05, 0) is 67.7 Å². The molecular weight excluding hydrogens is 204 g/mol. The van der Waals surface area contributed by atoms with Crippen molar-refractivity contribution < 1.29 is 0 Å². The highest BCUT2D eigenvalue weighted by Crippen LogP contribution is 2.18. The second-order valence-corrected chi connectivity index (χ2v) is 4.99. The van der Waals surface area contributed by atoms with E-state index in [9.17, 15) is 0 Å². The molecule has 0 radical (unpaired) electrons. The molecule has 0 spiro atoms. The number of hydrogen-bond acceptors (Lipinski definition) is 3. The molecule has 1 aliphatic rings. The summed E-state index contributed by atoms with van der Waals surface area (Å²) in [6.45, 7) is 3.43. The van der Waals surface area contributed by atoms with Crippen LogP contribution in [0.5, 0.6) is 0 Å². The minimum atomic E-state index is 0.857. The van der Waals surface area contributed by atoms with E-state index in [2.05, 4.69) is 27.5 Å². The average Bonchev–Trinajstić information content (AvgIpc) is 2.92. The van der Waals surface area contributed by atoms with Crippen LogP contribution in [-0.4, -0.2) is 25.7 Å². The van der Waals surface area contributed by atoms with Gasteiger partial charge in [-0.1, -0.05) is 0 Å². The van der Waals surface area contributed by atoms with E-state index in [1.54, 1.807) is 11.3 Å². The van der Waals surface area contributed by atoms with Crippen LogP contribution in [0.3, 0.4) is 0 Å². The van der Waals surface area contributed by atoms with Crippen LogP contribution in [0.1, 0.15) is 24.8 Å². The Morgan fingerprint density at radius 3 is 2.93 bits per heavy atom. The SMILES string of the molecule is c1cc(CCNCCCNC2CC2)cs1. The van der Waals surface area contributed by atoms with Crippen LogP contribution in [0.4, 0.5) is 0 Å². The first-order chi connectivity index (χ1) is 7.45. The number of nitrogens with one attached hydrogen (secondary N) is 2. The van der Waals surface area contributed by atoms with Crippen molar-refractivity contribution in [2.75, 3.05) is 19.6 Å². The summed E-state index contributed by atoms with van der Waals surface area (Å²) in [6, 6.07) is 3.07. The van der Waals surface area contributed by atoms with Gasteiger partial charge in [0, 0.05) is 6.04 Å². The lowest BCUT2D eigenvalue weighted by atomic mass is 10.2. The van der Waals surface area contributed by atoms with Crippen molar-refractivity contribution in [2.24, 2.45) is 0 Å². The molecular formula is C12H20N2S. The fraction of sp³-hybridized carbons (Fsp3) is 0.667. The van der Waals surface area contributed by atoms with Crippen LogP contribution in [0.15, 0.2) is 16.8 Å². The Bertz CT molecular complexity index is 255. The lowest BCUT2D eigenvalue weighted by molar-refractivity contribution is 0.594. The van der Waals surface area contributed by atoms with E-state index in [1.165, 1.54) is 37.8 Å². The highest BCUT2D eigenvalue weighted by molar-refractivity contribution is 7.07. The fourth-order valence-corrected chi connectivity index (χ4v) is 2.30. The molecule has 1 heterocycles. The van der Waals surface area contributed by atoms with Gasteiger partial charge >= 0.3 is 0 Å². The first kappa shape index (κ1) is 11.1. The Morgan fingerprint density at radius 2 is 2.20 bits per heavy atom. The van der Waals surface area contributed by atoms with Crippen LogP contribution >= 0.6 is 11.3 Å².